The molecule has 0 radical (unpaired) electrons. The van der Waals surface area contributed by atoms with Crippen LogP contribution in [0.4, 0.5) is 18.9 Å². The first-order valence-corrected chi connectivity index (χ1v) is 9.25. The van der Waals surface area contributed by atoms with E-state index >= 15 is 0 Å². The third-order valence-corrected chi connectivity index (χ3v) is 4.72. The Balaban J connectivity index is 1.68. The molecule has 11 heteroatoms. The molecule has 0 unspecified atom stereocenters. The number of nitrogens with one attached hydrogen (secondary N) is 2. The third kappa shape index (κ3) is 4.51. The Labute approximate surface area is 176 Å². The minimum absolute atomic E-state index is 0.143. The zero-order valence-electron chi connectivity index (χ0n) is 15.0. The lowest BCUT2D eigenvalue weighted by Gasteiger charge is -2.16. The zero-order valence-corrected chi connectivity index (χ0v) is 16.6. The summed E-state index contributed by atoms with van der Waals surface area (Å²) in [6.45, 7) is -1.05. The quantitative estimate of drug-likeness (QED) is 0.639. The van der Waals surface area contributed by atoms with E-state index in [1.165, 1.54) is 36.4 Å². The monoisotopic (exact) mass is 483 g/mol. The van der Waals surface area contributed by atoms with Crippen LogP contribution in [-0.4, -0.2) is 41.2 Å². The first-order chi connectivity index (χ1) is 14.1. The summed E-state index contributed by atoms with van der Waals surface area (Å²) in [5.74, 6) is -4.08. The summed E-state index contributed by atoms with van der Waals surface area (Å²) in [5, 5.41) is 4.17. The molecule has 1 aliphatic heterocycles. The fraction of sp³-hybridized carbons (Fsp3) is 0.158. The van der Waals surface area contributed by atoms with Gasteiger partial charge >= 0.3 is 12.1 Å². The number of hydrogen-bond acceptors (Lipinski definition) is 4. The van der Waals surface area contributed by atoms with Gasteiger partial charge in [-0.05, 0) is 29.8 Å². The number of anilines is 1. The largest absolute Gasteiger partial charge is 0.471 e. The van der Waals surface area contributed by atoms with E-state index in [1.54, 1.807) is 11.4 Å². The van der Waals surface area contributed by atoms with Crippen molar-refractivity contribution in [3.05, 3.63) is 63.6 Å². The van der Waals surface area contributed by atoms with Crippen LogP contribution < -0.4 is 10.6 Å². The number of hydrogen-bond donors (Lipinski definition) is 2. The van der Waals surface area contributed by atoms with E-state index in [-0.39, 0.29) is 22.4 Å². The van der Waals surface area contributed by atoms with Crippen molar-refractivity contribution < 1.29 is 32.3 Å². The van der Waals surface area contributed by atoms with Crippen molar-refractivity contribution in [2.45, 2.75) is 12.7 Å². The summed E-state index contributed by atoms with van der Waals surface area (Å²) in [6.07, 6.45) is -5.03. The van der Waals surface area contributed by atoms with Crippen LogP contribution in [0.3, 0.4) is 0 Å². The maximum Gasteiger partial charge on any atom is 0.471 e. The van der Waals surface area contributed by atoms with Gasteiger partial charge in [0.2, 0.25) is 5.91 Å². The summed E-state index contributed by atoms with van der Waals surface area (Å²) < 4.78 is 37.6. The minimum Gasteiger partial charge on any atom is -0.344 e. The van der Waals surface area contributed by atoms with Crippen LogP contribution >= 0.6 is 15.9 Å². The molecule has 0 atom stereocenters. The van der Waals surface area contributed by atoms with Gasteiger partial charge < -0.3 is 10.6 Å². The van der Waals surface area contributed by atoms with Gasteiger partial charge in [-0.15, -0.1) is 0 Å². The van der Waals surface area contributed by atoms with Gasteiger partial charge in [-0.2, -0.15) is 13.2 Å². The van der Waals surface area contributed by atoms with Crippen molar-refractivity contribution in [2.75, 3.05) is 11.9 Å². The second-order valence-corrected chi connectivity index (χ2v) is 7.19. The molecule has 4 amide bonds. The summed E-state index contributed by atoms with van der Waals surface area (Å²) in [5.41, 5.74) is 0.697. The van der Waals surface area contributed by atoms with Crippen LogP contribution in [0.5, 0.6) is 0 Å². The highest BCUT2D eigenvalue weighted by molar-refractivity contribution is 9.10. The average Bonchev–Trinajstić information content (AvgIpc) is 2.90. The van der Waals surface area contributed by atoms with Gasteiger partial charge in [0.15, 0.2) is 0 Å². The number of nitrogens with zero attached hydrogens (tertiary/aromatic N) is 1. The summed E-state index contributed by atoms with van der Waals surface area (Å²) in [6, 6.07) is 10.4. The molecular formula is C19H13BrF3N3O4. The third-order valence-electron chi connectivity index (χ3n) is 4.22. The van der Waals surface area contributed by atoms with E-state index in [4.69, 9.17) is 0 Å². The molecule has 0 bridgehead atoms. The number of carbonyl (C=O) groups excluding carboxylic acids is 4. The summed E-state index contributed by atoms with van der Waals surface area (Å²) in [7, 11) is 0. The SMILES string of the molecule is O=C(CN1C(=O)c2ccc(Br)cc2C1=O)Nc1ccccc1CNC(=O)C(F)(F)F. The van der Waals surface area contributed by atoms with Gasteiger partial charge in [0.25, 0.3) is 11.8 Å². The van der Waals surface area contributed by atoms with Gasteiger partial charge in [-0.1, -0.05) is 34.1 Å². The van der Waals surface area contributed by atoms with Crippen LogP contribution in [0.1, 0.15) is 26.3 Å². The molecule has 0 saturated heterocycles. The van der Waals surface area contributed by atoms with Gasteiger partial charge in [0.1, 0.15) is 6.54 Å². The van der Waals surface area contributed by atoms with Gasteiger partial charge in [-0.25, -0.2) is 0 Å². The number of fused-ring (bicyclic) bond motifs is 1. The van der Waals surface area contributed by atoms with Crippen molar-refractivity contribution >= 4 is 45.2 Å². The lowest BCUT2D eigenvalue weighted by atomic mass is 10.1. The van der Waals surface area contributed by atoms with Crippen molar-refractivity contribution in [3.8, 4) is 0 Å². The fourth-order valence-corrected chi connectivity index (χ4v) is 3.17. The van der Waals surface area contributed by atoms with E-state index in [0.717, 1.165) is 4.90 Å². The second kappa shape index (κ2) is 8.27. The number of carbonyl (C=O) groups is 4. The molecule has 0 aliphatic carbocycles. The Morgan fingerprint density at radius 1 is 1.00 bits per heavy atom. The number of alkyl halides is 3. The minimum atomic E-state index is -5.03. The molecule has 0 fully saturated rings. The predicted octanol–water partition coefficient (Wildman–Crippen LogP) is 2.86. The fourth-order valence-electron chi connectivity index (χ4n) is 2.81. The number of halogens is 4. The highest BCUT2D eigenvalue weighted by Gasteiger charge is 2.38. The number of imide groups is 1. The Morgan fingerprint density at radius 3 is 2.37 bits per heavy atom. The standard InChI is InChI=1S/C19H13BrF3N3O4/c20-11-5-6-12-13(7-11)17(29)26(16(12)28)9-15(27)25-14-4-2-1-3-10(14)8-24-18(30)19(21,22)23/h1-7H,8-9H2,(H,24,30)(H,25,27). The highest BCUT2D eigenvalue weighted by Crippen LogP contribution is 2.26. The Kier molecular flexibility index (Phi) is 5.92. The molecule has 30 heavy (non-hydrogen) atoms. The maximum absolute atomic E-state index is 12.4. The van der Waals surface area contributed by atoms with E-state index in [2.05, 4.69) is 21.2 Å². The first-order valence-electron chi connectivity index (χ1n) is 8.46. The van der Waals surface area contributed by atoms with Crippen molar-refractivity contribution in [1.29, 1.82) is 0 Å². The maximum atomic E-state index is 12.4. The molecule has 2 aromatic carbocycles. The van der Waals surface area contributed by atoms with Crippen LogP contribution in [0.25, 0.3) is 0 Å². The van der Waals surface area contributed by atoms with Crippen LogP contribution in [0, 0.1) is 0 Å². The van der Waals surface area contributed by atoms with E-state index < -0.39 is 42.9 Å². The van der Waals surface area contributed by atoms with E-state index in [9.17, 15) is 32.3 Å². The van der Waals surface area contributed by atoms with Gasteiger partial charge in [0.05, 0.1) is 11.1 Å². The molecule has 2 aromatic rings. The van der Waals surface area contributed by atoms with Crippen LogP contribution in [0.2, 0.25) is 0 Å². The molecule has 7 nitrogen and oxygen atoms in total. The van der Waals surface area contributed by atoms with Crippen molar-refractivity contribution in [3.63, 3.8) is 0 Å². The number of benzene rings is 2. The molecular weight excluding hydrogens is 471 g/mol. The smallest absolute Gasteiger partial charge is 0.344 e. The highest BCUT2D eigenvalue weighted by atomic mass is 79.9. The Morgan fingerprint density at radius 2 is 1.67 bits per heavy atom. The molecule has 1 heterocycles. The van der Waals surface area contributed by atoms with Gasteiger partial charge in [-0.3, -0.25) is 24.1 Å². The molecule has 1 aliphatic rings. The predicted molar refractivity (Wildman–Crippen MR) is 102 cm³/mol. The van der Waals surface area contributed by atoms with Crippen LogP contribution in [-0.2, 0) is 16.1 Å². The van der Waals surface area contributed by atoms with Gasteiger partial charge in [0, 0.05) is 16.7 Å². The Hall–Kier alpha value is -3.21. The van der Waals surface area contributed by atoms with Crippen molar-refractivity contribution in [1.82, 2.24) is 10.2 Å². The number of rotatable bonds is 5. The van der Waals surface area contributed by atoms with E-state index in [0.29, 0.717) is 4.47 Å². The van der Waals surface area contributed by atoms with Crippen molar-refractivity contribution in [2.24, 2.45) is 0 Å². The summed E-state index contributed by atoms with van der Waals surface area (Å²) >= 11 is 3.21. The average molecular weight is 484 g/mol. The molecule has 156 valence electrons. The Bertz CT molecular complexity index is 1060. The van der Waals surface area contributed by atoms with E-state index in [1.807, 2.05) is 0 Å². The first kappa shape index (κ1) is 21.5. The lowest BCUT2D eigenvalue weighted by molar-refractivity contribution is -0.173. The lowest BCUT2D eigenvalue weighted by Crippen LogP contribution is -2.38. The number of para-hydroxylation sites is 1. The molecule has 3 rings (SSSR count). The molecule has 0 spiro atoms. The summed E-state index contributed by atoms with van der Waals surface area (Å²) in [4.78, 5) is 49.0. The molecule has 0 aromatic heterocycles. The number of amides is 4. The molecule has 2 N–H and O–H groups in total. The zero-order chi connectivity index (χ0) is 22.1. The normalized spacial score (nSPS) is 13.3. The molecule has 0 saturated carbocycles. The topological polar surface area (TPSA) is 95.6 Å². The second-order valence-electron chi connectivity index (χ2n) is 6.27. The van der Waals surface area contributed by atoms with Crippen LogP contribution in [0.15, 0.2) is 46.9 Å².